The fourth-order valence-electron chi connectivity index (χ4n) is 2.76. The van der Waals surface area contributed by atoms with Crippen LogP contribution in [0.5, 0.6) is 0 Å². The van der Waals surface area contributed by atoms with Crippen LogP contribution in [0.3, 0.4) is 0 Å². The van der Waals surface area contributed by atoms with Crippen LogP contribution in [0, 0.1) is 6.92 Å². The lowest BCUT2D eigenvalue weighted by atomic mass is 10.2. The second-order valence-electron chi connectivity index (χ2n) is 6.29. The lowest BCUT2D eigenvalue weighted by Crippen LogP contribution is -2.28. The molecule has 0 aliphatic carbocycles. The highest BCUT2D eigenvalue weighted by Gasteiger charge is 2.11. The molecule has 1 N–H and O–H groups in total. The summed E-state index contributed by atoms with van der Waals surface area (Å²) in [6.07, 6.45) is 4.72. The molecular formula is C20H23N5OS. The smallest absolute Gasteiger partial charge is 0.226 e. The van der Waals surface area contributed by atoms with Crippen molar-refractivity contribution in [2.24, 2.45) is 0 Å². The zero-order valence-electron chi connectivity index (χ0n) is 15.6. The molecule has 7 heteroatoms. The van der Waals surface area contributed by atoms with Gasteiger partial charge in [-0.2, -0.15) is 0 Å². The zero-order valence-corrected chi connectivity index (χ0v) is 16.4. The van der Waals surface area contributed by atoms with E-state index in [0.29, 0.717) is 13.0 Å². The van der Waals surface area contributed by atoms with Gasteiger partial charge in [0, 0.05) is 55.6 Å². The largest absolute Gasteiger partial charge is 0.359 e. The van der Waals surface area contributed by atoms with Crippen molar-refractivity contribution >= 4 is 23.1 Å². The summed E-state index contributed by atoms with van der Waals surface area (Å²) in [6.45, 7) is 3.18. The molecule has 3 aromatic rings. The van der Waals surface area contributed by atoms with Crippen molar-refractivity contribution in [3.8, 4) is 0 Å². The molecule has 0 saturated carbocycles. The van der Waals surface area contributed by atoms with E-state index in [1.165, 1.54) is 0 Å². The molecule has 1 amide bonds. The molecule has 0 radical (unpaired) electrons. The van der Waals surface area contributed by atoms with Crippen LogP contribution in [0.1, 0.15) is 22.0 Å². The normalized spacial score (nSPS) is 10.6. The van der Waals surface area contributed by atoms with Crippen LogP contribution in [0.15, 0.2) is 48.1 Å². The number of nitrogens with zero attached hydrogens (tertiary/aromatic N) is 4. The second kappa shape index (κ2) is 9.23. The Labute approximate surface area is 163 Å². The average Bonchev–Trinajstić information content (AvgIpc) is 3.10. The van der Waals surface area contributed by atoms with E-state index >= 15 is 0 Å². The van der Waals surface area contributed by atoms with Gasteiger partial charge < -0.3 is 10.2 Å². The van der Waals surface area contributed by atoms with E-state index in [1.54, 1.807) is 23.7 Å². The number of rotatable bonds is 8. The number of likely N-dealkylation sites (N-methyl/N-ethyl adjacent to an activating group) is 1. The van der Waals surface area contributed by atoms with Crippen molar-refractivity contribution in [3.05, 3.63) is 70.1 Å². The molecule has 0 fully saturated rings. The molecule has 27 heavy (non-hydrogen) atoms. The lowest BCUT2D eigenvalue weighted by molar-refractivity contribution is -0.120. The highest BCUT2D eigenvalue weighted by atomic mass is 32.1. The maximum absolute atomic E-state index is 12.2. The second-order valence-corrected chi connectivity index (χ2v) is 7.35. The van der Waals surface area contributed by atoms with E-state index in [1.807, 2.05) is 49.7 Å². The first-order chi connectivity index (χ1) is 13.1. The Morgan fingerprint density at radius 2 is 2.00 bits per heavy atom. The van der Waals surface area contributed by atoms with Crippen LogP contribution in [-0.4, -0.2) is 34.5 Å². The number of anilines is 1. The van der Waals surface area contributed by atoms with Gasteiger partial charge in [-0.05, 0) is 25.1 Å². The Kier molecular flexibility index (Phi) is 6.49. The van der Waals surface area contributed by atoms with Crippen molar-refractivity contribution in [1.29, 1.82) is 0 Å². The van der Waals surface area contributed by atoms with Crippen molar-refractivity contribution in [2.75, 3.05) is 18.5 Å². The molecule has 0 aromatic carbocycles. The monoisotopic (exact) mass is 381 g/mol. The molecule has 0 atom stereocenters. The number of amides is 1. The number of carbonyl (C=O) groups excluding carboxylic acids is 1. The molecule has 3 aromatic heterocycles. The Morgan fingerprint density at radius 1 is 1.15 bits per heavy atom. The summed E-state index contributed by atoms with van der Waals surface area (Å²) in [4.78, 5) is 27.5. The summed E-state index contributed by atoms with van der Waals surface area (Å²) in [7, 11) is 2.01. The first kappa shape index (κ1) is 19.0. The van der Waals surface area contributed by atoms with E-state index in [-0.39, 0.29) is 5.91 Å². The van der Waals surface area contributed by atoms with Crippen LogP contribution in [0.2, 0.25) is 0 Å². The van der Waals surface area contributed by atoms with E-state index in [4.69, 9.17) is 0 Å². The lowest BCUT2D eigenvalue weighted by Gasteiger charge is -2.21. The minimum Gasteiger partial charge on any atom is -0.359 e. The molecule has 3 heterocycles. The molecular weight excluding hydrogens is 358 g/mol. The fraction of sp³-hybridized carbons (Fsp3) is 0.300. The summed E-state index contributed by atoms with van der Waals surface area (Å²) in [6, 6.07) is 9.81. The Morgan fingerprint density at radius 3 is 2.74 bits per heavy atom. The maximum Gasteiger partial charge on any atom is 0.226 e. The maximum atomic E-state index is 12.2. The molecule has 0 aliphatic heterocycles. The molecule has 0 saturated heterocycles. The first-order valence-electron chi connectivity index (χ1n) is 8.84. The highest BCUT2D eigenvalue weighted by Crippen LogP contribution is 2.16. The van der Waals surface area contributed by atoms with Crippen LogP contribution >= 0.6 is 11.3 Å². The van der Waals surface area contributed by atoms with Gasteiger partial charge in [-0.15, -0.1) is 11.3 Å². The summed E-state index contributed by atoms with van der Waals surface area (Å²) in [5, 5.41) is 5.87. The topological polar surface area (TPSA) is 71.0 Å². The third-order valence-electron chi connectivity index (χ3n) is 4.14. The summed E-state index contributed by atoms with van der Waals surface area (Å²) >= 11 is 1.56. The van der Waals surface area contributed by atoms with Gasteiger partial charge in [0.15, 0.2) is 0 Å². The van der Waals surface area contributed by atoms with E-state index in [2.05, 4.69) is 25.2 Å². The zero-order chi connectivity index (χ0) is 19.1. The molecule has 0 unspecified atom stereocenters. The van der Waals surface area contributed by atoms with Crippen LogP contribution < -0.4 is 10.2 Å². The van der Waals surface area contributed by atoms with Gasteiger partial charge in [-0.1, -0.05) is 12.1 Å². The van der Waals surface area contributed by atoms with Gasteiger partial charge in [0.2, 0.25) is 5.91 Å². The van der Waals surface area contributed by atoms with Crippen molar-refractivity contribution in [1.82, 2.24) is 20.3 Å². The van der Waals surface area contributed by atoms with Crippen molar-refractivity contribution in [2.45, 2.75) is 26.3 Å². The van der Waals surface area contributed by atoms with Gasteiger partial charge in [-0.25, -0.2) is 9.97 Å². The van der Waals surface area contributed by atoms with Crippen molar-refractivity contribution in [3.63, 3.8) is 0 Å². The van der Waals surface area contributed by atoms with Crippen LogP contribution in [-0.2, 0) is 24.2 Å². The van der Waals surface area contributed by atoms with Gasteiger partial charge in [0.25, 0.3) is 0 Å². The summed E-state index contributed by atoms with van der Waals surface area (Å²) in [5.41, 5.74) is 2.85. The first-order valence-corrected chi connectivity index (χ1v) is 9.72. The van der Waals surface area contributed by atoms with Gasteiger partial charge in [0.05, 0.1) is 17.1 Å². The molecule has 3 rings (SSSR count). The minimum atomic E-state index is -0.0359. The summed E-state index contributed by atoms with van der Waals surface area (Å²) in [5.74, 6) is 0.837. The Bertz CT molecular complexity index is 881. The molecule has 140 valence electrons. The molecule has 0 spiro atoms. The van der Waals surface area contributed by atoms with E-state index < -0.39 is 0 Å². The average molecular weight is 382 g/mol. The number of pyridine rings is 2. The van der Waals surface area contributed by atoms with Crippen molar-refractivity contribution < 1.29 is 4.79 Å². The number of aryl methyl sites for hydroxylation is 1. The van der Waals surface area contributed by atoms with Crippen LogP contribution in [0.25, 0.3) is 0 Å². The number of thiazole rings is 1. The highest BCUT2D eigenvalue weighted by molar-refractivity contribution is 7.09. The van der Waals surface area contributed by atoms with Gasteiger partial charge >= 0.3 is 0 Å². The predicted octanol–water partition coefficient (Wildman–Crippen LogP) is 2.78. The predicted molar refractivity (Wildman–Crippen MR) is 108 cm³/mol. The number of carbonyl (C=O) groups is 1. The third-order valence-corrected chi connectivity index (χ3v) is 4.97. The Balaban J connectivity index is 1.57. The minimum absolute atomic E-state index is 0.0359. The molecule has 6 nitrogen and oxygen atoms in total. The fourth-order valence-corrected chi connectivity index (χ4v) is 3.37. The quantitative estimate of drug-likeness (QED) is 0.650. The van der Waals surface area contributed by atoms with Gasteiger partial charge in [0.1, 0.15) is 5.82 Å². The molecule has 0 aliphatic rings. The van der Waals surface area contributed by atoms with Crippen LogP contribution in [0.4, 0.5) is 5.82 Å². The summed E-state index contributed by atoms with van der Waals surface area (Å²) < 4.78 is 0. The number of hydrogen-bond donors (Lipinski definition) is 1. The number of aromatic nitrogens is 3. The third kappa shape index (κ3) is 5.59. The van der Waals surface area contributed by atoms with E-state index in [9.17, 15) is 4.79 Å². The van der Waals surface area contributed by atoms with E-state index in [0.717, 1.165) is 40.7 Å². The Hall–Kier alpha value is -2.80. The van der Waals surface area contributed by atoms with Gasteiger partial charge in [-0.3, -0.25) is 9.78 Å². The number of nitrogens with one attached hydrogen (secondary N) is 1. The SMILES string of the molecule is Cc1nc(CC(=O)NCc2cccnc2N(C)CCc2ccccn2)cs1. The molecule has 0 bridgehead atoms. The number of hydrogen-bond acceptors (Lipinski definition) is 6. The standard InChI is InChI=1S/C20H23N5OS/c1-15-24-18(14-27-15)12-19(26)23-13-16-6-5-10-22-20(16)25(2)11-8-17-7-3-4-9-21-17/h3-7,9-10,14H,8,11-13H2,1-2H3,(H,23,26).